The lowest BCUT2D eigenvalue weighted by atomic mass is 10.2. The third kappa shape index (κ3) is 5.33. The molecule has 1 aromatic heterocycles. The number of aromatic nitrogens is 3. The smallest absolute Gasteiger partial charge is 0.223 e. The molecule has 1 N–H and O–H groups in total. The normalized spacial score (nSPS) is 12.2. The first-order valence-electron chi connectivity index (χ1n) is 9.34. The maximum Gasteiger partial charge on any atom is 0.223 e. The van der Waals surface area contributed by atoms with Crippen LogP contribution in [0.1, 0.15) is 38.2 Å². The maximum absolute atomic E-state index is 13.2. The van der Waals surface area contributed by atoms with Crippen LogP contribution in [-0.2, 0) is 10.5 Å². The van der Waals surface area contributed by atoms with Gasteiger partial charge >= 0.3 is 0 Å². The van der Waals surface area contributed by atoms with Gasteiger partial charge in [0.15, 0.2) is 11.0 Å². The van der Waals surface area contributed by atoms with Gasteiger partial charge in [-0.3, -0.25) is 9.36 Å². The fourth-order valence-electron chi connectivity index (χ4n) is 2.72. The van der Waals surface area contributed by atoms with Crippen molar-refractivity contribution in [3.8, 4) is 5.69 Å². The van der Waals surface area contributed by atoms with Gasteiger partial charge < -0.3 is 5.32 Å². The average Bonchev–Trinajstić information content (AvgIpc) is 3.11. The van der Waals surface area contributed by atoms with E-state index in [1.165, 1.54) is 23.9 Å². The Morgan fingerprint density at radius 2 is 1.83 bits per heavy atom. The van der Waals surface area contributed by atoms with Crippen LogP contribution < -0.4 is 5.32 Å². The van der Waals surface area contributed by atoms with E-state index >= 15 is 0 Å². The number of hydrogen-bond acceptors (Lipinski definition) is 4. The van der Waals surface area contributed by atoms with Crippen molar-refractivity contribution in [3.63, 3.8) is 0 Å². The zero-order chi connectivity index (χ0) is 21.8. The van der Waals surface area contributed by atoms with Crippen LogP contribution >= 0.6 is 35.0 Å². The van der Waals surface area contributed by atoms with E-state index in [1.807, 2.05) is 25.3 Å². The number of benzene rings is 2. The zero-order valence-electron chi connectivity index (χ0n) is 16.7. The van der Waals surface area contributed by atoms with Crippen LogP contribution in [0.5, 0.6) is 0 Å². The van der Waals surface area contributed by atoms with E-state index in [4.69, 9.17) is 23.2 Å². The Kier molecular flexibility index (Phi) is 7.39. The van der Waals surface area contributed by atoms with Crippen molar-refractivity contribution in [2.45, 2.75) is 37.7 Å². The molecule has 0 saturated heterocycles. The maximum atomic E-state index is 13.2. The third-order valence-electron chi connectivity index (χ3n) is 4.36. The summed E-state index contributed by atoms with van der Waals surface area (Å²) in [4.78, 5) is 12.2. The number of hydrogen-bond donors (Lipinski definition) is 1. The molecule has 3 aromatic rings. The summed E-state index contributed by atoms with van der Waals surface area (Å²) < 4.78 is 15.0. The van der Waals surface area contributed by atoms with Crippen molar-refractivity contribution >= 4 is 40.9 Å². The molecule has 1 unspecified atom stereocenters. The average molecular weight is 467 g/mol. The van der Waals surface area contributed by atoms with Gasteiger partial charge in [0.25, 0.3) is 0 Å². The second-order valence-corrected chi connectivity index (χ2v) is 8.86. The van der Waals surface area contributed by atoms with Crippen molar-refractivity contribution in [2.75, 3.05) is 0 Å². The first-order chi connectivity index (χ1) is 14.3. The predicted octanol–water partition coefficient (Wildman–Crippen LogP) is 5.84. The lowest BCUT2D eigenvalue weighted by molar-refractivity contribution is -0.124. The molecular weight excluding hydrogens is 446 g/mol. The van der Waals surface area contributed by atoms with Gasteiger partial charge in [-0.1, -0.05) is 60.9 Å². The van der Waals surface area contributed by atoms with Gasteiger partial charge in [-0.05, 0) is 42.8 Å². The largest absolute Gasteiger partial charge is 0.346 e. The number of nitrogens with zero attached hydrogens (tertiary/aromatic N) is 3. The Morgan fingerprint density at radius 3 is 2.47 bits per heavy atom. The van der Waals surface area contributed by atoms with Crippen molar-refractivity contribution in [3.05, 3.63) is 69.7 Å². The van der Waals surface area contributed by atoms with Crippen LogP contribution in [0.4, 0.5) is 4.39 Å². The molecule has 0 radical (unpaired) electrons. The molecule has 0 aliphatic heterocycles. The third-order valence-corrected chi connectivity index (χ3v) is 5.90. The van der Waals surface area contributed by atoms with Crippen LogP contribution in [0.2, 0.25) is 10.0 Å². The zero-order valence-corrected chi connectivity index (χ0v) is 19.0. The molecule has 3 rings (SSSR count). The van der Waals surface area contributed by atoms with Crippen molar-refractivity contribution < 1.29 is 9.18 Å². The molecule has 0 spiro atoms. The standard InChI is InChI=1S/C21H21Cl2FN4OS/c1-12(2)20(29)25-13(3)19-26-27-21(30-11-14-4-7-16(24)8-5-14)28(19)18-9-6-15(22)10-17(18)23/h4-10,12-13H,11H2,1-3H3,(H,25,29). The molecule has 5 nitrogen and oxygen atoms in total. The molecule has 158 valence electrons. The monoisotopic (exact) mass is 466 g/mol. The molecule has 0 aliphatic rings. The summed E-state index contributed by atoms with van der Waals surface area (Å²) >= 11 is 14.0. The number of nitrogens with one attached hydrogen (secondary N) is 1. The lowest BCUT2D eigenvalue weighted by Gasteiger charge is -2.18. The fraction of sp³-hybridized carbons (Fsp3) is 0.286. The van der Waals surface area contributed by atoms with Gasteiger partial charge in [0.2, 0.25) is 5.91 Å². The van der Waals surface area contributed by atoms with Crippen molar-refractivity contribution in [2.24, 2.45) is 5.92 Å². The summed E-state index contributed by atoms with van der Waals surface area (Å²) in [6.07, 6.45) is 0. The highest BCUT2D eigenvalue weighted by Gasteiger charge is 2.23. The Balaban J connectivity index is 1.96. The van der Waals surface area contributed by atoms with Crippen LogP contribution in [-0.4, -0.2) is 20.7 Å². The number of amides is 1. The SMILES string of the molecule is CC(C)C(=O)NC(C)c1nnc(SCc2ccc(F)cc2)n1-c1ccc(Cl)cc1Cl. The molecule has 0 aliphatic carbocycles. The molecule has 2 aromatic carbocycles. The summed E-state index contributed by atoms with van der Waals surface area (Å²) in [5, 5.41) is 13.1. The highest BCUT2D eigenvalue weighted by molar-refractivity contribution is 7.98. The van der Waals surface area contributed by atoms with Gasteiger partial charge in [-0.15, -0.1) is 10.2 Å². The van der Waals surface area contributed by atoms with Crippen LogP contribution in [0.25, 0.3) is 5.69 Å². The fourth-order valence-corrected chi connectivity index (χ4v) is 4.12. The summed E-state index contributed by atoms with van der Waals surface area (Å²) in [5.41, 5.74) is 1.61. The Morgan fingerprint density at radius 1 is 1.13 bits per heavy atom. The van der Waals surface area contributed by atoms with E-state index in [-0.39, 0.29) is 23.7 Å². The van der Waals surface area contributed by atoms with E-state index in [9.17, 15) is 9.18 Å². The number of rotatable bonds is 7. The van der Waals surface area contributed by atoms with Gasteiger partial charge in [-0.25, -0.2) is 4.39 Å². The molecule has 30 heavy (non-hydrogen) atoms. The molecule has 9 heteroatoms. The first-order valence-corrected chi connectivity index (χ1v) is 11.1. The molecule has 0 fully saturated rings. The van der Waals surface area contributed by atoms with E-state index in [1.54, 1.807) is 30.3 Å². The Bertz CT molecular complexity index is 1040. The van der Waals surface area contributed by atoms with Crippen molar-refractivity contribution in [1.29, 1.82) is 0 Å². The van der Waals surface area contributed by atoms with Crippen LogP contribution in [0.15, 0.2) is 47.6 Å². The first kappa shape index (κ1) is 22.6. The summed E-state index contributed by atoms with van der Waals surface area (Å²) in [7, 11) is 0. The summed E-state index contributed by atoms with van der Waals surface area (Å²) in [6, 6.07) is 11.1. The summed E-state index contributed by atoms with van der Waals surface area (Å²) in [6.45, 7) is 5.50. The van der Waals surface area contributed by atoms with Gasteiger partial charge in [0.05, 0.1) is 16.8 Å². The number of halogens is 3. The lowest BCUT2D eigenvalue weighted by Crippen LogP contribution is -2.31. The minimum Gasteiger partial charge on any atom is -0.346 e. The number of carbonyl (C=O) groups is 1. The molecule has 1 amide bonds. The van der Waals surface area contributed by atoms with Crippen LogP contribution in [0, 0.1) is 11.7 Å². The number of thioether (sulfide) groups is 1. The molecule has 0 saturated carbocycles. The second kappa shape index (κ2) is 9.81. The minimum atomic E-state index is -0.390. The topological polar surface area (TPSA) is 59.8 Å². The second-order valence-electron chi connectivity index (χ2n) is 7.07. The van der Waals surface area contributed by atoms with E-state index < -0.39 is 0 Å². The molecule has 1 heterocycles. The molecular formula is C21H21Cl2FN4OS. The molecule has 0 bridgehead atoms. The van der Waals surface area contributed by atoms with E-state index in [0.717, 1.165) is 5.56 Å². The highest BCUT2D eigenvalue weighted by atomic mass is 35.5. The van der Waals surface area contributed by atoms with Crippen molar-refractivity contribution in [1.82, 2.24) is 20.1 Å². The predicted molar refractivity (Wildman–Crippen MR) is 119 cm³/mol. The number of carbonyl (C=O) groups excluding carboxylic acids is 1. The Hall–Kier alpha value is -2.09. The van der Waals surface area contributed by atoms with Gasteiger partial charge in [0.1, 0.15) is 5.82 Å². The quantitative estimate of drug-likeness (QED) is 0.444. The summed E-state index contributed by atoms with van der Waals surface area (Å²) in [5.74, 6) is 0.595. The van der Waals surface area contributed by atoms with Gasteiger partial charge in [-0.2, -0.15) is 0 Å². The minimum absolute atomic E-state index is 0.0835. The van der Waals surface area contributed by atoms with Crippen LogP contribution in [0.3, 0.4) is 0 Å². The highest BCUT2D eigenvalue weighted by Crippen LogP contribution is 2.32. The van der Waals surface area contributed by atoms with E-state index in [0.29, 0.717) is 32.5 Å². The van der Waals surface area contributed by atoms with E-state index in [2.05, 4.69) is 15.5 Å². The van der Waals surface area contributed by atoms with Gasteiger partial charge in [0, 0.05) is 16.7 Å². The molecule has 1 atom stereocenters. The Labute approximate surface area is 189 Å².